The molecule has 0 amide bonds. The Kier molecular flexibility index (Phi) is 7.48. The molecule has 1 heterocycles. The lowest BCUT2D eigenvalue weighted by Gasteiger charge is -2.40. The second kappa shape index (κ2) is 8.35. The molecule has 5 heteroatoms. The first kappa shape index (κ1) is 17.9. The fourth-order valence-corrected chi connectivity index (χ4v) is 4.98. The van der Waals surface area contributed by atoms with E-state index >= 15 is 0 Å². The molecule has 0 aromatic heterocycles. The van der Waals surface area contributed by atoms with Crippen LogP contribution >= 0.6 is 0 Å². The molecule has 120 valence electrons. The summed E-state index contributed by atoms with van der Waals surface area (Å²) >= 11 is 0. The van der Waals surface area contributed by atoms with Gasteiger partial charge in [0.15, 0.2) is 0 Å². The van der Waals surface area contributed by atoms with E-state index in [0.717, 1.165) is 38.8 Å². The topological polar surface area (TPSA) is 49.4 Å². The normalized spacial score (nSPS) is 28.7. The molecular weight excluding hydrogens is 272 g/mol. The van der Waals surface area contributed by atoms with E-state index in [1.165, 1.54) is 0 Å². The minimum Gasteiger partial charge on any atom is -0.317 e. The van der Waals surface area contributed by atoms with Gasteiger partial charge in [0.1, 0.15) is 0 Å². The lowest BCUT2D eigenvalue weighted by Crippen LogP contribution is -2.49. The molecule has 0 aromatic carbocycles. The van der Waals surface area contributed by atoms with Crippen molar-refractivity contribution in [3.8, 4) is 0 Å². The second-order valence-electron chi connectivity index (χ2n) is 6.40. The van der Waals surface area contributed by atoms with Crippen LogP contribution in [0.3, 0.4) is 0 Å². The standard InChI is InChI=1S/C15H32N2O2S/c1-5-8-16-9-6-7-10-20(18,19)17-12-13(2)11-14(3)15(17)4/h13-16H,5-12H2,1-4H3. The molecule has 1 aliphatic rings. The van der Waals surface area contributed by atoms with Gasteiger partial charge in [0.05, 0.1) is 5.75 Å². The minimum atomic E-state index is -3.09. The molecule has 3 unspecified atom stereocenters. The maximum absolute atomic E-state index is 12.5. The lowest BCUT2D eigenvalue weighted by atomic mass is 9.88. The van der Waals surface area contributed by atoms with Crippen molar-refractivity contribution in [1.29, 1.82) is 0 Å². The summed E-state index contributed by atoms with van der Waals surface area (Å²) in [6, 6.07) is 0.148. The van der Waals surface area contributed by atoms with Crippen molar-refractivity contribution in [1.82, 2.24) is 9.62 Å². The summed E-state index contributed by atoms with van der Waals surface area (Å²) in [4.78, 5) is 0. The summed E-state index contributed by atoms with van der Waals surface area (Å²) in [7, 11) is -3.09. The van der Waals surface area contributed by atoms with Gasteiger partial charge >= 0.3 is 0 Å². The van der Waals surface area contributed by atoms with E-state index < -0.39 is 10.0 Å². The Morgan fingerprint density at radius 1 is 1.15 bits per heavy atom. The predicted molar refractivity (Wildman–Crippen MR) is 85.3 cm³/mol. The highest BCUT2D eigenvalue weighted by molar-refractivity contribution is 7.89. The van der Waals surface area contributed by atoms with Crippen molar-refractivity contribution in [3.63, 3.8) is 0 Å². The highest BCUT2D eigenvalue weighted by Crippen LogP contribution is 2.29. The summed E-state index contributed by atoms with van der Waals surface area (Å²) in [6.07, 6.45) is 3.95. The van der Waals surface area contributed by atoms with Crippen LogP contribution in [0.15, 0.2) is 0 Å². The summed E-state index contributed by atoms with van der Waals surface area (Å²) in [5.41, 5.74) is 0. The molecule has 1 fully saturated rings. The highest BCUT2D eigenvalue weighted by Gasteiger charge is 2.35. The number of sulfonamides is 1. The van der Waals surface area contributed by atoms with Crippen molar-refractivity contribution in [2.75, 3.05) is 25.4 Å². The van der Waals surface area contributed by atoms with Gasteiger partial charge in [-0.2, -0.15) is 4.31 Å². The first-order chi connectivity index (χ1) is 9.38. The van der Waals surface area contributed by atoms with Crippen LogP contribution in [0, 0.1) is 11.8 Å². The average molecular weight is 304 g/mol. The van der Waals surface area contributed by atoms with Crippen molar-refractivity contribution in [2.24, 2.45) is 11.8 Å². The number of nitrogens with one attached hydrogen (secondary N) is 1. The third-order valence-corrected chi connectivity index (χ3v) is 6.33. The zero-order valence-corrected chi connectivity index (χ0v) is 14.4. The van der Waals surface area contributed by atoms with E-state index in [1.54, 1.807) is 4.31 Å². The summed E-state index contributed by atoms with van der Waals surface area (Å²) < 4.78 is 26.7. The van der Waals surface area contributed by atoms with Crippen LogP contribution in [-0.4, -0.2) is 44.2 Å². The van der Waals surface area contributed by atoms with Gasteiger partial charge in [-0.1, -0.05) is 20.8 Å². The molecule has 0 radical (unpaired) electrons. The molecule has 0 spiro atoms. The van der Waals surface area contributed by atoms with Crippen LogP contribution in [0.4, 0.5) is 0 Å². The molecule has 1 aliphatic heterocycles. The van der Waals surface area contributed by atoms with Crippen LogP contribution in [0.1, 0.15) is 53.4 Å². The number of nitrogens with zero attached hydrogens (tertiary/aromatic N) is 1. The molecule has 0 aliphatic carbocycles. The number of rotatable bonds is 8. The minimum absolute atomic E-state index is 0.148. The predicted octanol–water partition coefficient (Wildman–Crippen LogP) is 2.46. The summed E-state index contributed by atoms with van der Waals surface area (Å²) in [5.74, 6) is 1.23. The average Bonchev–Trinajstić information content (AvgIpc) is 2.37. The van der Waals surface area contributed by atoms with E-state index in [9.17, 15) is 8.42 Å². The Labute approximate surface area is 125 Å². The molecule has 3 atom stereocenters. The van der Waals surface area contributed by atoms with Crippen molar-refractivity contribution in [2.45, 2.75) is 59.4 Å². The Morgan fingerprint density at radius 3 is 2.50 bits per heavy atom. The van der Waals surface area contributed by atoms with Crippen LogP contribution in [0.2, 0.25) is 0 Å². The summed E-state index contributed by atoms with van der Waals surface area (Å²) in [5, 5.41) is 3.32. The summed E-state index contributed by atoms with van der Waals surface area (Å²) in [6.45, 7) is 11.1. The fraction of sp³-hybridized carbons (Fsp3) is 1.00. The number of hydrogen-bond donors (Lipinski definition) is 1. The van der Waals surface area contributed by atoms with Gasteiger partial charge in [-0.05, 0) is 57.5 Å². The lowest BCUT2D eigenvalue weighted by molar-refractivity contribution is 0.157. The molecule has 0 saturated carbocycles. The van der Waals surface area contributed by atoms with E-state index in [-0.39, 0.29) is 6.04 Å². The third kappa shape index (κ3) is 5.34. The SMILES string of the molecule is CCCNCCCCS(=O)(=O)N1CC(C)CC(C)C1C. The van der Waals surface area contributed by atoms with Crippen LogP contribution < -0.4 is 5.32 Å². The Morgan fingerprint density at radius 2 is 1.85 bits per heavy atom. The van der Waals surface area contributed by atoms with Crippen molar-refractivity contribution in [3.05, 3.63) is 0 Å². The van der Waals surface area contributed by atoms with Crippen LogP contribution in [-0.2, 0) is 10.0 Å². The smallest absolute Gasteiger partial charge is 0.214 e. The van der Waals surface area contributed by atoms with Crippen LogP contribution in [0.25, 0.3) is 0 Å². The molecule has 20 heavy (non-hydrogen) atoms. The Hall–Kier alpha value is -0.130. The first-order valence-electron chi connectivity index (χ1n) is 8.08. The quantitative estimate of drug-likeness (QED) is 0.701. The number of piperidine rings is 1. The molecule has 1 N–H and O–H groups in total. The molecule has 4 nitrogen and oxygen atoms in total. The Bertz CT molecular complexity index is 370. The van der Waals surface area contributed by atoms with Gasteiger partial charge in [-0.3, -0.25) is 0 Å². The second-order valence-corrected chi connectivity index (χ2v) is 8.44. The van der Waals surface area contributed by atoms with Crippen LogP contribution in [0.5, 0.6) is 0 Å². The van der Waals surface area contributed by atoms with Gasteiger partial charge < -0.3 is 5.32 Å². The molecule has 0 aromatic rings. The van der Waals surface area contributed by atoms with Gasteiger partial charge in [-0.15, -0.1) is 0 Å². The van der Waals surface area contributed by atoms with Gasteiger partial charge in [0.2, 0.25) is 10.0 Å². The van der Waals surface area contributed by atoms with E-state index in [2.05, 4.69) is 33.0 Å². The molecule has 1 rings (SSSR count). The largest absolute Gasteiger partial charge is 0.317 e. The molecular formula is C15H32N2O2S. The van der Waals surface area contributed by atoms with Gasteiger partial charge in [-0.25, -0.2) is 8.42 Å². The monoisotopic (exact) mass is 304 g/mol. The van der Waals surface area contributed by atoms with E-state index in [0.29, 0.717) is 24.1 Å². The molecule has 1 saturated heterocycles. The van der Waals surface area contributed by atoms with Crippen molar-refractivity contribution < 1.29 is 8.42 Å². The van der Waals surface area contributed by atoms with Crippen molar-refractivity contribution >= 4 is 10.0 Å². The third-order valence-electron chi connectivity index (χ3n) is 4.33. The van der Waals surface area contributed by atoms with Gasteiger partial charge in [0.25, 0.3) is 0 Å². The highest BCUT2D eigenvalue weighted by atomic mass is 32.2. The van der Waals surface area contributed by atoms with E-state index in [4.69, 9.17) is 0 Å². The molecule has 0 bridgehead atoms. The zero-order valence-electron chi connectivity index (χ0n) is 13.6. The Balaban J connectivity index is 2.42. The zero-order chi connectivity index (χ0) is 15.2. The number of hydrogen-bond acceptors (Lipinski definition) is 3. The fourth-order valence-electron chi connectivity index (χ4n) is 2.98. The van der Waals surface area contributed by atoms with Gasteiger partial charge in [0, 0.05) is 12.6 Å². The maximum atomic E-state index is 12.5. The first-order valence-corrected chi connectivity index (χ1v) is 9.69. The number of unbranched alkanes of at least 4 members (excludes halogenated alkanes) is 1. The van der Waals surface area contributed by atoms with E-state index in [1.807, 2.05) is 0 Å². The maximum Gasteiger partial charge on any atom is 0.214 e.